The van der Waals surface area contributed by atoms with Crippen molar-refractivity contribution >= 4 is 37.5 Å². The monoisotopic (exact) mass is 238 g/mol. The number of hydrogen-bond donors (Lipinski definition) is 0. The van der Waals surface area contributed by atoms with Crippen LogP contribution in [-0.2, 0) is 0 Å². The molecule has 0 saturated carbocycles. The van der Waals surface area contributed by atoms with Crippen LogP contribution in [0.2, 0.25) is 0 Å². The van der Waals surface area contributed by atoms with Crippen LogP contribution in [0.25, 0.3) is 10.2 Å². The van der Waals surface area contributed by atoms with E-state index in [-0.39, 0.29) is 0 Å². The Balaban J connectivity index is 2.91. The van der Waals surface area contributed by atoms with Gasteiger partial charge in [-0.15, -0.1) is 11.3 Å². The van der Waals surface area contributed by atoms with Crippen LogP contribution in [0.1, 0.15) is 5.56 Å². The van der Waals surface area contributed by atoms with Crippen molar-refractivity contribution in [1.82, 2.24) is 4.98 Å². The van der Waals surface area contributed by atoms with Gasteiger partial charge in [-0.05, 0) is 12.1 Å². The Morgan fingerprint density at radius 2 is 2.33 bits per heavy atom. The van der Waals surface area contributed by atoms with Crippen LogP contribution in [0, 0.1) is 11.3 Å². The lowest BCUT2D eigenvalue weighted by atomic mass is 10.2. The minimum absolute atomic E-state index is 0.682. The van der Waals surface area contributed by atoms with Crippen molar-refractivity contribution in [2.75, 3.05) is 0 Å². The Kier molecular flexibility index (Phi) is 1.83. The van der Waals surface area contributed by atoms with Gasteiger partial charge in [0.25, 0.3) is 0 Å². The average molecular weight is 239 g/mol. The highest BCUT2D eigenvalue weighted by Gasteiger charge is 2.03. The largest absolute Gasteiger partial charge is 0.245 e. The maximum absolute atomic E-state index is 8.79. The fraction of sp³-hybridized carbons (Fsp3) is 0. The number of benzene rings is 1. The standard InChI is InChI=1S/C8H3BrN2S/c9-6-1-5(3-10)8-7(2-6)11-4-12-8/h1-2,4H. The van der Waals surface area contributed by atoms with E-state index in [1.807, 2.05) is 6.07 Å². The molecule has 0 saturated heterocycles. The van der Waals surface area contributed by atoms with Crippen LogP contribution in [0.3, 0.4) is 0 Å². The van der Waals surface area contributed by atoms with Gasteiger partial charge in [-0.1, -0.05) is 15.9 Å². The zero-order chi connectivity index (χ0) is 8.55. The number of halogens is 1. The van der Waals surface area contributed by atoms with Crippen molar-refractivity contribution in [2.24, 2.45) is 0 Å². The minimum Gasteiger partial charge on any atom is -0.245 e. The second kappa shape index (κ2) is 2.85. The predicted molar refractivity (Wildman–Crippen MR) is 52.0 cm³/mol. The smallest absolute Gasteiger partial charge is 0.101 e. The third-order valence-electron chi connectivity index (χ3n) is 1.52. The maximum atomic E-state index is 8.79. The summed E-state index contributed by atoms with van der Waals surface area (Å²) in [7, 11) is 0. The summed E-state index contributed by atoms with van der Waals surface area (Å²) in [5.74, 6) is 0. The molecule has 12 heavy (non-hydrogen) atoms. The lowest BCUT2D eigenvalue weighted by Gasteiger charge is -1.92. The molecule has 0 aliphatic heterocycles. The first-order valence-corrected chi connectivity index (χ1v) is 4.91. The molecular weight excluding hydrogens is 236 g/mol. The molecule has 0 fully saturated rings. The lowest BCUT2D eigenvalue weighted by Crippen LogP contribution is -1.75. The summed E-state index contributed by atoms with van der Waals surface area (Å²) >= 11 is 4.82. The van der Waals surface area contributed by atoms with E-state index in [0.717, 1.165) is 14.7 Å². The summed E-state index contributed by atoms with van der Waals surface area (Å²) in [6.45, 7) is 0. The summed E-state index contributed by atoms with van der Waals surface area (Å²) < 4.78 is 1.86. The van der Waals surface area contributed by atoms with Crippen molar-refractivity contribution in [2.45, 2.75) is 0 Å². The van der Waals surface area contributed by atoms with Gasteiger partial charge < -0.3 is 0 Å². The van der Waals surface area contributed by atoms with Crippen LogP contribution >= 0.6 is 27.3 Å². The minimum atomic E-state index is 0.682. The summed E-state index contributed by atoms with van der Waals surface area (Å²) in [5.41, 5.74) is 3.31. The van der Waals surface area contributed by atoms with E-state index in [4.69, 9.17) is 5.26 Å². The average Bonchev–Trinajstić information content (AvgIpc) is 2.50. The van der Waals surface area contributed by atoms with Crippen LogP contribution in [0.5, 0.6) is 0 Å². The summed E-state index contributed by atoms with van der Waals surface area (Å²) in [6.07, 6.45) is 0. The molecule has 0 N–H and O–H groups in total. The van der Waals surface area contributed by atoms with Gasteiger partial charge >= 0.3 is 0 Å². The van der Waals surface area contributed by atoms with Gasteiger partial charge in [0.05, 0.1) is 21.3 Å². The van der Waals surface area contributed by atoms with E-state index in [9.17, 15) is 0 Å². The quantitative estimate of drug-likeness (QED) is 0.708. The van der Waals surface area contributed by atoms with Crippen molar-refractivity contribution in [3.63, 3.8) is 0 Å². The molecule has 1 aromatic carbocycles. The Morgan fingerprint density at radius 1 is 1.50 bits per heavy atom. The van der Waals surface area contributed by atoms with Gasteiger partial charge in [-0.2, -0.15) is 5.26 Å². The summed E-state index contributed by atoms with van der Waals surface area (Å²) in [6, 6.07) is 5.85. The van der Waals surface area contributed by atoms with Crippen molar-refractivity contribution in [1.29, 1.82) is 5.26 Å². The molecular formula is C8H3BrN2S. The Labute approximate surface area is 81.6 Å². The highest BCUT2D eigenvalue weighted by Crippen LogP contribution is 2.25. The van der Waals surface area contributed by atoms with E-state index in [1.165, 1.54) is 11.3 Å². The molecule has 2 nitrogen and oxygen atoms in total. The Hall–Kier alpha value is -0.920. The molecule has 0 bridgehead atoms. The zero-order valence-corrected chi connectivity index (χ0v) is 8.32. The highest BCUT2D eigenvalue weighted by atomic mass is 79.9. The molecule has 2 rings (SSSR count). The second-order valence-corrected chi connectivity index (χ2v) is 4.04. The van der Waals surface area contributed by atoms with Gasteiger partial charge in [0.1, 0.15) is 6.07 Å². The Morgan fingerprint density at radius 3 is 3.08 bits per heavy atom. The van der Waals surface area contributed by atoms with Gasteiger partial charge in [0.15, 0.2) is 0 Å². The molecule has 1 heterocycles. The molecule has 4 heteroatoms. The molecule has 2 aromatic rings. The zero-order valence-electron chi connectivity index (χ0n) is 5.91. The van der Waals surface area contributed by atoms with Crippen molar-refractivity contribution < 1.29 is 0 Å². The van der Waals surface area contributed by atoms with E-state index in [0.29, 0.717) is 5.56 Å². The molecule has 58 valence electrons. The van der Waals surface area contributed by atoms with Gasteiger partial charge in [-0.25, -0.2) is 4.98 Å². The third kappa shape index (κ3) is 1.11. The lowest BCUT2D eigenvalue weighted by molar-refractivity contribution is 1.47. The highest BCUT2D eigenvalue weighted by molar-refractivity contribution is 9.10. The topological polar surface area (TPSA) is 36.7 Å². The van der Waals surface area contributed by atoms with Gasteiger partial charge in [0, 0.05) is 4.47 Å². The SMILES string of the molecule is N#Cc1cc(Br)cc2ncsc12. The number of nitriles is 1. The van der Waals surface area contributed by atoms with E-state index in [2.05, 4.69) is 27.0 Å². The number of thiazole rings is 1. The predicted octanol–water partition coefficient (Wildman–Crippen LogP) is 2.93. The maximum Gasteiger partial charge on any atom is 0.101 e. The molecule has 1 aromatic heterocycles. The van der Waals surface area contributed by atoms with Gasteiger partial charge in [-0.3, -0.25) is 0 Å². The molecule has 0 aliphatic carbocycles. The summed E-state index contributed by atoms with van der Waals surface area (Å²) in [5, 5.41) is 8.79. The number of nitrogens with zero attached hydrogens (tertiary/aromatic N) is 2. The number of hydrogen-bond acceptors (Lipinski definition) is 3. The first kappa shape index (κ1) is 7.71. The first-order chi connectivity index (χ1) is 5.81. The third-order valence-corrected chi connectivity index (χ3v) is 2.85. The number of aromatic nitrogens is 1. The molecule has 0 aliphatic rings. The normalized spacial score (nSPS) is 10.0. The molecule has 0 radical (unpaired) electrons. The van der Waals surface area contributed by atoms with E-state index < -0.39 is 0 Å². The fourth-order valence-corrected chi connectivity index (χ4v) is 2.20. The van der Waals surface area contributed by atoms with Crippen LogP contribution in [0.15, 0.2) is 22.1 Å². The number of rotatable bonds is 0. The molecule has 0 amide bonds. The molecule has 0 unspecified atom stereocenters. The van der Waals surface area contributed by atoms with Crippen molar-refractivity contribution in [3.8, 4) is 6.07 Å². The summed E-state index contributed by atoms with van der Waals surface area (Å²) in [4.78, 5) is 4.13. The fourth-order valence-electron chi connectivity index (χ4n) is 1.02. The molecule has 0 spiro atoms. The van der Waals surface area contributed by atoms with Crippen LogP contribution in [0.4, 0.5) is 0 Å². The van der Waals surface area contributed by atoms with E-state index >= 15 is 0 Å². The number of fused-ring (bicyclic) bond motifs is 1. The van der Waals surface area contributed by atoms with Crippen LogP contribution < -0.4 is 0 Å². The van der Waals surface area contributed by atoms with Crippen LogP contribution in [-0.4, -0.2) is 4.98 Å². The second-order valence-electron chi connectivity index (χ2n) is 2.27. The van der Waals surface area contributed by atoms with Gasteiger partial charge in [0.2, 0.25) is 0 Å². The first-order valence-electron chi connectivity index (χ1n) is 3.24. The van der Waals surface area contributed by atoms with Crippen molar-refractivity contribution in [3.05, 3.63) is 27.7 Å². The van der Waals surface area contributed by atoms with E-state index in [1.54, 1.807) is 11.6 Å². The Bertz CT molecular complexity index is 469. The molecule has 0 atom stereocenters.